The van der Waals surface area contributed by atoms with Gasteiger partial charge >= 0.3 is 0 Å². The van der Waals surface area contributed by atoms with Crippen molar-refractivity contribution in [2.45, 2.75) is 19.4 Å². The van der Waals surface area contributed by atoms with Crippen LogP contribution in [0.25, 0.3) is 0 Å². The summed E-state index contributed by atoms with van der Waals surface area (Å²) in [5.41, 5.74) is 2.01. The van der Waals surface area contributed by atoms with Gasteiger partial charge in [-0.2, -0.15) is 0 Å². The van der Waals surface area contributed by atoms with Gasteiger partial charge in [0.1, 0.15) is 0 Å². The van der Waals surface area contributed by atoms with E-state index in [0.29, 0.717) is 11.6 Å². The molecule has 0 spiro atoms. The van der Waals surface area contributed by atoms with Crippen LogP contribution < -0.4 is 0 Å². The lowest BCUT2D eigenvalue weighted by atomic mass is 9.92. The SMILES string of the molecule is Cc1ccc(Cl)cc1C(O)C1CCOC1. The van der Waals surface area contributed by atoms with E-state index in [1.54, 1.807) is 0 Å². The van der Waals surface area contributed by atoms with Crippen molar-refractivity contribution in [1.29, 1.82) is 0 Å². The monoisotopic (exact) mass is 226 g/mol. The number of aliphatic hydroxyl groups is 1. The van der Waals surface area contributed by atoms with Crippen LogP contribution in [0.3, 0.4) is 0 Å². The Balaban J connectivity index is 2.23. The first kappa shape index (κ1) is 10.9. The zero-order valence-corrected chi connectivity index (χ0v) is 9.50. The van der Waals surface area contributed by atoms with E-state index in [0.717, 1.165) is 24.2 Å². The molecule has 0 radical (unpaired) electrons. The summed E-state index contributed by atoms with van der Waals surface area (Å²) >= 11 is 5.93. The Bertz CT molecular complexity index is 345. The molecule has 82 valence electrons. The summed E-state index contributed by atoms with van der Waals surface area (Å²) in [6.45, 7) is 3.39. The van der Waals surface area contributed by atoms with Gasteiger partial charge in [-0.05, 0) is 36.6 Å². The maximum Gasteiger partial charge on any atom is 0.0844 e. The minimum atomic E-state index is -0.453. The number of ether oxygens (including phenoxy) is 1. The summed E-state index contributed by atoms with van der Waals surface area (Å²) in [6, 6.07) is 5.63. The zero-order chi connectivity index (χ0) is 10.8. The van der Waals surface area contributed by atoms with Gasteiger partial charge in [0.15, 0.2) is 0 Å². The van der Waals surface area contributed by atoms with E-state index in [-0.39, 0.29) is 5.92 Å². The standard InChI is InChI=1S/C12H15ClO2/c1-8-2-3-10(13)6-11(8)12(14)9-4-5-15-7-9/h2-3,6,9,12,14H,4-5,7H2,1H3. The van der Waals surface area contributed by atoms with Crippen molar-refractivity contribution in [3.8, 4) is 0 Å². The molecule has 1 fully saturated rings. The number of halogens is 1. The van der Waals surface area contributed by atoms with E-state index in [2.05, 4.69) is 0 Å². The minimum absolute atomic E-state index is 0.210. The van der Waals surface area contributed by atoms with E-state index in [1.165, 1.54) is 0 Å². The molecule has 15 heavy (non-hydrogen) atoms. The minimum Gasteiger partial charge on any atom is -0.388 e. The van der Waals surface area contributed by atoms with Crippen molar-refractivity contribution in [2.75, 3.05) is 13.2 Å². The van der Waals surface area contributed by atoms with Gasteiger partial charge in [-0.15, -0.1) is 0 Å². The Morgan fingerprint density at radius 3 is 3.00 bits per heavy atom. The molecule has 0 saturated carbocycles. The van der Waals surface area contributed by atoms with E-state index in [1.807, 2.05) is 25.1 Å². The molecule has 1 saturated heterocycles. The quantitative estimate of drug-likeness (QED) is 0.840. The molecule has 2 unspecified atom stereocenters. The average molecular weight is 227 g/mol. The molecule has 1 aromatic carbocycles. The molecule has 1 N–H and O–H groups in total. The second-order valence-corrected chi connectivity index (χ2v) is 4.51. The number of benzene rings is 1. The van der Waals surface area contributed by atoms with E-state index < -0.39 is 6.10 Å². The molecule has 2 rings (SSSR count). The van der Waals surface area contributed by atoms with Crippen molar-refractivity contribution in [2.24, 2.45) is 5.92 Å². The highest BCUT2D eigenvalue weighted by molar-refractivity contribution is 6.30. The van der Waals surface area contributed by atoms with Gasteiger partial charge < -0.3 is 9.84 Å². The van der Waals surface area contributed by atoms with Crippen molar-refractivity contribution < 1.29 is 9.84 Å². The van der Waals surface area contributed by atoms with Crippen molar-refractivity contribution in [3.63, 3.8) is 0 Å². The Morgan fingerprint density at radius 2 is 2.33 bits per heavy atom. The van der Waals surface area contributed by atoms with E-state index in [4.69, 9.17) is 16.3 Å². The van der Waals surface area contributed by atoms with Crippen LogP contribution in [0, 0.1) is 12.8 Å². The van der Waals surface area contributed by atoms with Crippen LogP contribution in [0.2, 0.25) is 5.02 Å². The largest absolute Gasteiger partial charge is 0.388 e. The van der Waals surface area contributed by atoms with Crippen molar-refractivity contribution in [3.05, 3.63) is 34.3 Å². The van der Waals surface area contributed by atoms with Crippen molar-refractivity contribution >= 4 is 11.6 Å². The molecular weight excluding hydrogens is 212 g/mol. The summed E-state index contributed by atoms with van der Waals surface area (Å²) in [6.07, 6.45) is 0.471. The highest BCUT2D eigenvalue weighted by atomic mass is 35.5. The normalized spacial score (nSPS) is 23.0. The molecule has 1 heterocycles. The fourth-order valence-electron chi connectivity index (χ4n) is 1.99. The van der Waals surface area contributed by atoms with Gasteiger partial charge in [0.25, 0.3) is 0 Å². The predicted molar refractivity (Wildman–Crippen MR) is 60.1 cm³/mol. The van der Waals surface area contributed by atoms with Crippen LogP contribution in [0.4, 0.5) is 0 Å². The lowest BCUT2D eigenvalue weighted by Gasteiger charge is -2.19. The molecule has 0 aliphatic carbocycles. The first-order valence-electron chi connectivity index (χ1n) is 5.20. The smallest absolute Gasteiger partial charge is 0.0844 e. The number of aliphatic hydroxyl groups excluding tert-OH is 1. The summed E-state index contributed by atoms with van der Waals surface area (Å²) in [7, 11) is 0. The second-order valence-electron chi connectivity index (χ2n) is 4.07. The third-order valence-electron chi connectivity index (χ3n) is 2.97. The topological polar surface area (TPSA) is 29.5 Å². The van der Waals surface area contributed by atoms with Gasteiger partial charge in [-0.1, -0.05) is 17.7 Å². The summed E-state index contributed by atoms with van der Waals surface area (Å²) in [5.74, 6) is 0.210. The fourth-order valence-corrected chi connectivity index (χ4v) is 2.17. The van der Waals surface area contributed by atoms with Gasteiger partial charge in [0.2, 0.25) is 0 Å². The summed E-state index contributed by atoms with van der Waals surface area (Å²) in [5, 5.41) is 10.9. The zero-order valence-electron chi connectivity index (χ0n) is 8.74. The molecule has 0 amide bonds. The first-order chi connectivity index (χ1) is 7.18. The third-order valence-corrected chi connectivity index (χ3v) is 3.21. The van der Waals surface area contributed by atoms with Crippen LogP contribution >= 0.6 is 11.6 Å². The lowest BCUT2D eigenvalue weighted by molar-refractivity contribution is 0.0913. The Morgan fingerprint density at radius 1 is 1.53 bits per heavy atom. The molecule has 1 aliphatic rings. The van der Waals surface area contributed by atoms with Crippen LogP contribution in [0.5, 0.6) is 0 Å². The predicted octanol–water partition coefficient (Wildman–Crippen LogP) is 2.72. The van der Waals surface area contributed by atoms with E-state index in [9.17, 15) is 5.11 Å². The van der Waals surface area contributed by atoms with E-state index >= 15 is 0 Å². The van der Waals surface area contributed by atoms with Crippen LogP contribution in [0.1, 0.15) is 23.7 Å². The van der Waals surface area contributed by atoms with Gasteiger partial charge in [-0.25, -0.2) is 0 Å². The number of aryl methyl sites for hydroxylation is 1. The molecule has 0 aromatic heterocycles. The molecule has 2 nitrogen and oxygen atoms in total. The highest BCUT2D eigenvalue weighted by Gasteiger charge is 2.26. The van der Waals surface area contributed by atoms with Crippen LogP contribution in [-0.4, -0.2) is 18.3 Å². The summed E-state index contributed by atoms with van der Waals surface area (Å²) in [4.78, 5) is 0. The Labute approximate surface area is 94.8 Å². The Kier molecular flexibility index (Phi) is 3.29. The summed E-state index contributed by atoms with van der Waals surface area (Å²) < 4.78 is 5.28. The fraction of sp³-hybridized carbons (Fsp3) is 0.500. The van der Waals surface area contributed by atoms with Crippen LogP contribution in [-0.2, 0) is 4.74 Å². The maximum absolute atomic E-state index is 10.2. The number of hydrogen-bond donors (Lipinski definition) is 1. The van der Waals surface area contributed by atoms with Gasteiger partial charge in [-0.3, -0.25) is 0 Å². The third kappa shape index (κ3) is 2.33. The first-order valence-corrected chi connectivity index (χ1v) is 5.58. The van der Waals surface area contributed by atoms with Gasteiger partial charge in [0, 0.05) is 17.5 Å². The molecular formula is C12H15ClO2. The molecule has 1 aromatic rings. The van der Waals surface area contributed by atoms with Crippen LogP contribution in [0.15, 0.2) is 18.2 Å². The molecule has 0 bridgehead atoms. The average Bonchev–Trinajstić information content (AvgIpc) is 2.74. The van der Waals surface area contributed by atoms with Crippen molar-refractivity contribution in [1.82, 2.24) is 0 Å². The second kappa shape index (κ2) is 4.52. The number of hydrogen-bond acceptors (Lipinski definition) is 2. The lowest BCUT2D eigenvalue weighted by Crippen LogP contribution is -2.13. The molecule has 3 heteroatoms. The highest BCUT2D eigenvalue weighted by Crippen LogP contribution is 2.31. The maximum atomic E-state index is 10.2. The molecule has 1 aliphatic heterocycles. The molecule has 2 atom stereocenters. The van der Waals surface area contributed by atoms with Gasteiger partial charge in [0.05, 0.1) is 12.7 Å². The number of rotatable bonds is 2. The Hall–Kier alpha value is -0.570.